The van der Waals surface area contributed by atoms with Crippen LogP contribution in [0.3, 0.4) is 0 Å². The Morgan fingerprint density at radius 2 is 1.81 bits per heavy atom. The molecule has 0 N–H and O–H groups in total. The molecule has 0 amide bonds. The van der Waals surface area contributed by atoms with Crippen LogP contribution in [-0.4, -0.2) is 27.0 Å². The maximum Gasteiger partial charge on any atom is 0.534 e. The summed E-state index contributed by atoms with van der Waals surface area (Å²) in [4.78, 5) is 11.5. The van der Waals surface area contributed by atoms with Crippen molar-refractivity contribution in [1.82, 2.24) is 0 Å². The summed E-state index contributed by atoms with van der Waals surface area (Å²) in [5.74, 6) is -1.15. The molecule has 1 atom stereocenters. The molecule has 0 aromatic heterocycles. The van der Waals surface area contributed by atoms with E-state index in [-0.39, 0.29) is 5.76 Å². The van der Waals surface area contributed by atoms with Crippen LogP contribution < -0.4 is 0 Å². The van der Waals surface area contributed by atoms with Crippen LogP contribution in [0, 0.1) is 5.92 Å². The second-order valence-electron chi connectivity index (χ2n) is 6.32. The number of benzene rings is 1. The summed E-state index contributed by atoms with van der Waals surface area (Å²) in [5.41, 5.74) is -4.36. The summed E-state index contributed by atoms with van der Waals surface area (Å²) in [6.07, 6.45) is 5.15. The quantitative estimate of drug-likeness (QED) is 0.413. The monoisotopic (exact) mass is 406 g/mol. The number of carbonyl (C=O) groups is 1. The molecular formula is C18H21F3O5S. The number of esters is 1. The van der Waals surface area contributed by atoms with Crippen LogP contribution in [0.15, 0.2) is 36.1 Å². The molecule has 0 saturated carbocycles. The molecule has 5 nitrogen and oxygen atoms in total. The van der Waals surface area contributed by atoms with Crippen LogP contribution >= 0.6 is 0 Å². The van der Waals surface area contributed by atoms with E-state index in [0.717, 1.165) is 24.8 Å². The fourth-order valence-corrected chi connectivity index (χ4v) is 3.47. The Kier molecular flexibility index (Phi) is 6.91. The summed E-state index contributed by atoms with van der Waals surface area (Å²) in [6.45, 7) is 0. The Balaban J connectivity index is 2.22. The van der Waals surface area contributed by atoms with E-state index in [1.165, 1.54) is 13.2 Å². The lowest BCUT2D eigenvalue weighted by molar-refractivity contribution is -0.0527. The first kappa shape index (κ1) is 21.3. The van der Waals surface area contributed by atoms with E-state index in [9.17, 15) is 26.4 Å². The maximum absolute atomic E-state index is 12.7. The van der Waals surface area contributed by atoms with Gasteiger partial charge in [-0.3, -0.25) is 0 Å². The van der Waals surface area contributed by atoms with Gasteiger partial charge in [-0.25, -0.2) is 4.79 Å². The number of rotatable bonds is 5. The topological polar surface area (TPSA) is 69.7 Å². The number of methoxy groups -OCH3 is 1. The van der Waals surface area contributed by atoms with Crippen molar-refractivity contribution in [3.05, 3.63) is 47.2 Å². The molecule has 0 aliphatic heterocycles. The van der Waals surface area contributed by atoms with Gasteiger partial charge in [-0.2, -0.15) is 21.6 Å². The standard InChI is InChI=1S/C18H21F3O5S/c1-25-17(22)14-10-8-13(9-11-14)12-15-6-4-2-3-5-7-16(15)26-27(23,24)18(19,20)21/h7-11,15H,2-6,12H2,1H3. The minimum atomic E-state index is -5.70. The second kappa shape index (κ2) is 8.77. The van der Waals surface area contributed by atoms with Crippen LogP contribution in [0.2, 0.25) is 0 Å². The molecule has 0 saturated heterocycles. The van der Waals surface area contributed by atoms with E-state index in [1.54, 1.807) is 24.3 Å². The fraction of sp³-hybridized carbons (Fsp3) is 0.500. The van der Waals surface area contributed by atoms with E-state index >= 15 is 0 Å². The molecule has 0 spiro atoms. The molecule has 27 heavy (non-hydrogen) atoms. The highest BCUT2D eigenvalue weighted by Gasteiger charge is 2.49. The number of carbonyl (C=O) groups excluding carboxylic acids is 1. The van der Waals surface area contributed by atoms with Gasteiger partial charge in [-0.05, 0) is 49.5 Å². The fourth-order valence-electron chi connectivity index (χ4n) is 2.92. The Morgan fingerprint density at radius 1 is 1.15 bits per heavy atom. The van der Waals surface area contributed by atoms with Crippen molar-refractivity contribution in [3.63, 3.8) is 0 Å². The first-order chi connectivity index (χ1) is 12.6. The van der Waals surface area contributed by atoms with Gasteiger partial charge in [-0.1, -0.05) is 25.0 Å². The van der Waals surface area contributed by atoms with Gasteiger partial charge in [0.15, 0.2) is 0 Å². The largest absolute Gasteiger partial charge is 0.534 e. The van der Waals surface area contributed by atoms with Crippen LogP contribution in [0.1, 0.15) is 48.0 Å². The number of hydrogen-bond donors (Lipinski definition) is 0. The summed E-state index contributed by atoms with van der Waals surface area (Å²) in [7, 11) is -4.44. The Hall–Kier alpha value is -2.03. The highest BCUT2D eigenvalue weighted by molar-refractivity contribution is 7.87. The number of hydrogen-bond acceptors (Lipinski definition) is 5. The molecule has 0 radical (unpaired) electrons. The molecule has 1 unspecified atom stereocenters. The Morgan fingerprint density at radius 3 is 2.41 bits per heavy atom. The Bertz CT molecular complexity index is 782. The summed E-state index contributed by atoms with van der Waals surface area (Å²) in [6, 6.07) is 6.45. The van der Waals surface area contributed by atoms with Crippen molar-refractivity contribution in [2.24, 2.45) is 5.92 Å². The number of allylic oxidation sites excluding steroid dienone is 2. The van der Waals surface area contributed by atoms with Gasteiger partial charge in [0.2, 0.25) is 0 Å². The summed E-state index contributed by atoms with van der Waals surface area (Å²) < 4.78 is 70.0. The third kappa shape index (κ3) is 5.72. The molecule has 1 aliphatic carbocycles. The lowest BCUT2D eigenvalue weighted by Gasteiger charge is -2.23. The van der Waals surface area contributed by atoms with E-state index in [1.807, 2.05) is 0 Å². The first-order valence-electron chi connectivity index (χ1n) is 8.52. The molecular weight excluding hydrogens is 385 g/mol. The SMILES string of the molecule is COC(=O)c1ccc(CC2CCCCCC=C2OS(=O)(=O)C(F)(F)F)cc1. The number of ether oxygens (including phenoxy) is 1. The minimum Gasteiger partial charge on any atom is -0.465 e. The maximum atomic E-state index is 12.7. The van der Waals surface area contributed by atoms with Crippen molar-refractivity contribution in [2.75, 3.05) is 7.11 Å². The summed E-state index contributed by atoms with van der Waals surface area (Å²) in [5, 5.41) is 0. The highest BCUT2D eigenvalue weighted by Crippen LogP contribution is 2.33. The molecule has 150 valence electrons. The highest BCUT2D eigenvalue weighted by atomic mass is 32.2. The van der Waals surface area contributed by atoms with Gasteiger partial charge in [0.05, 0.1) is 12.7 Å². The molecule has 0 heterocycles. The molecule has 0 fully saturated rings. The molecule has 2 rings (SSSR count). The molecule has 1 aromatic carbocycles. The lowest BCUT2D eigenvalue weighted by atomic mass is 9.89. The van der Waals surface area contributed by atoms with Gasteiger partial charge in [0.25, 0.3) is 0 Å². The zero-order valence-corrected chi connectivity index (χ0v) is 15.6. The Labute approximate surface area is 156 Å². The van der Waals surface area contributed by atoms with Crippen LogP contribution in [0.25, 0.3) is 0 Å². The predicted molar refractivity (Wildman–Crippen MR) is 92.2 cm³/mol. The molecule has 1 aromatic rings. The van der Waals surface area contributed by atoms with E-state index in [0.29, 0.717) is 24.8 Å². The first-order valence-corrected chi connectivity index (χ1v) is 9.93. The normalized spacial score (nSPS) is 18.8. The van der Waals surface area contributed by atoms with Crippen molar-refractivity contribution in [2.45, 2.75) is 44.0 Å². The average Bonchev–Trinajstić information content (AvgIpc) is 2.59. The van der Waals surface area contributed by atoms with Crippen LogP contribution in [0.4, 0.5) is 13.2 Å². The van der Waals surface area contributed by atoms with Crippen molar-refractivity contribution in [3.8, 4) is 0 Å². The van der Waals surface area contributed by atoms with E-state index < -0.39 is 27.5 Å². The van der Waals surface area contributed by atoms with Gasteiger partial charge >= 0.3 is 21.6 Å². The number of halogens is 3. The van der Waals surface area contributed by atoms with Crippen molar-refractivity contribution < 1.29 is 35.3 Å². The smallest absolute Gasteiger partial charge is 0.465 e. The van der Waals surface area contributed by atoms with Gasteiger partial charge in [0.1, 0.15) is 5.76 Å². The van der Waals surface area contributed by atoms with E-state index in [2.05, 4.69) is 8.92 Å². The predicted octanol–water partition coefficient (Wildman–Crippen LogP) is 4.35. The molecule has 1 aliphatic rings. The minimum absolute atomic E-state index is 0.163. The van der Waals surface area contributed by atoms with Crippen LogP contribution in [-0.2, 0) is 25.5 Å². The summed E-state index contributed by atoms with van der Waals surface area (Å²) >= 11 is 0. The molecule has 0 bridgehead atoms. The average molecular weight is 406 g/mol. The van der Waals surface area contributed by atoms with Crippen molar-refractivity contribution >= 4 is 16.1 Å². The third-order valence-electron chi connectivity index (χ3n) is 4.35. The van der Waals surface area contributed by atoms with E-state index in [4.69, 9.17) is 0 Å². The third-order valence-corrected chi connectivity index (χ3v) is 5.33. The second-order valence-corrected chi connectivity index (χ2v) is 7.86. The van der Waals surface area contributed by atoms with Crippen molar-refractivity contribution in [1.29, 1.82) is 0 Å². The lowest BCUT2D eigenvalue weighted by Crippen LogP contribution is -2.27. The van der Waals surface area contributed by atoms with Crippen LogP contribution in [0.5, 0.6) is 0 Å². The zero-order valence-electron chi connectivity index (χ0n) is 14.8. The van der Waals surface area contributed by atoms with Gasteiger partial charge in [-0.15, -0.1) is 0 Å². The number of alkyl halides is 3. The molecule has 9 heteroatoms. The van der Waals surface area contributed by atoms with Gasteiger partial charge in [0, 0.05) is 5.92 Å². The zero-order chi connectivity index (χ0) is 20.1. The van der Waals surface area contributed by atoms with Gasteiger partial charge < -0.3 is 8.92 Å².